The number of hydrogen-bond acceptors (Lipinski definition) is 5. The summed E-state index contributed by atoms with van der Waals surface area (Å²) in [4.78, 5) is 24.5. The molecule has 28 heavy (non-hydrogen) atoms. The van der Waals surface area contributed by atoms with Crippen molar-refractivity contribution in [2.24, 2.45) is 0 Å². The van der Waals surface area contributed by atoms with Crippen LogP contribution in [0.2, 0.25) is 0 Å². The molecule has 0 radical (unpaired) electrons. The van der Waals surface area contributed by atoms with Crippen LogP contribution in [0.5, 0.6) is 0 Å². The van der Waals surface area contributed by atoms with E-state index in [0.717, 1.165) is 5.56 Å². The lowest BCUT2D eigenvalue weighted by atomic mass is 10.1. The first-order valence-electron chi connectivity index (χ1n) is 8.82. The Hall–Kier alpha value is -3.68. The number of rotatable bonds is 6. The van der Waals surface area contributed by atoms with Gasteiger partial charge in [0.05, 0.1) is 16.6 Å². The maximum Gasteiger partial charge on any atom is 0.335 e. The molecule has 2 aromatic heterocycles. The van der Waals surface area contributed by atoms with E-state index >= 15 is 0 Å². The molecular weight excluding hydrogens is 360 g/mol. The van der Waals surface area contributed by atoms with Gasteiger partial charge < -0.3 is 9.52 Å². The first-order chi connectivity index (χ1) is 13.5. The van der Waals surface area contributed by atoms with Crippen LogP contribution in [0, 0.1) is 6.92 Å². The van der Waals surface area contributed by atoms with Crippen molar-refractivity contribution >= 4 is 17.0 Å². The fourth-order valence-electron chi connectivity index (χ4n) is 3.24. The maximum atomic E-state index is 13.1. The first kappa shape index (κ1) is 17.7. The highest BCUT2D eigenvalue weighted by Crippen LogP contribution is 2.18. The van der Waals surface area contributed by atoms with Crippen LogP contribution in [0.15, 0.2) is 57.7 Å². The molecule has 8 heteroatoms. The van der Waals surface area contributed by atoms with Crippen molar-refractivity contribution in [1.29, 1.82) is 0 Å². The number of carboxylic acids is 1. The molecule has 4 aromatic rings. The summed E-state index contributed by atoms with van der Waals surface area (Å²) in [6.07, 6.45) is 0.681. The van der Waals surface area contributed by atoms with Gasteiger partial charge in [0, 0.05) is 13.5 Å². The van der Waals surface area contributed by atoms with Crippen molar-refractivity contribution < 1.29 is 14.3 Å². The lowest BCUT2D eigenvalue weighted by Crippen LogP contribution is -2.25. The molecular formula is C20H18N4O4. The van der Waals surface area contributed by atoms with E-state index in [-0.39, 0.29) is 17.8 Å². The van der Waals surface area contributed by atoms with E-state index in [1.54, 1.807) is 17.6 Å². The molecule has 0 fully saturated rings. The van der Waals surface area contributed by atoms with Crippen LogP contribution in [0.4, 0.5) is 0 Å². The van der Waals surface area contributed by atoms with Gasteiger partial charge in [-0.2, -0.15) is 0 Å². The molecule has 0 unspecified atom stereocenters. The van der Waals surface area contributed by atoms with E-state index in [9.17, 15) is 14.7 Å². The lowest BCUT2D eigenvalue weighted by molar-refractivity contribution is 0.0697. The van der Waals surface area contributed by atoms with Crippen LogP contribution in [-0.2, 0) is 19.5 Å². The molecule has 0 spiro atoms. The number of aromatic carboxylic acids is 1. The highest BCUT2D eigenvalue weighted by atomic mass is 16.4. The largest absolute Gasteiger partial charge is 0.478 e. The van der Waals surface area contributed by atoms with Gasteiger partial charge in [-0.25, -0.2) is 9.59 Å². The maximum absolute atomic E-state index is 13.1. The third-order valence-corrected chi connectivity index (χ3v) is 4.59. The molecule has 1 N–H and O–H groups in total. The number of aromatic nitrogens is 4. The number of benzene rings is 2. The molecule has 4 rings (SSSR count). The molecule has 0 aliphatic heterocycles. The van der Waals surface area contributed by atoms with E-state index in [0.29, 0.717) is 35.8 Å². The van der Waals surface area contributed by atoms with Gasteiger partial charge in [0.25, 0.3) is 0 Å². The average molecular weight is 378 g/mol. The van der Waals surface area contributed by atoms with E-state index < -0.39 is 5.97 Å². The number of imidazole rings is 1. The number of carbonyl (C=O) groups is 1. The summed E-state index contributed by atoms with van der Waals surface area (Å²) in [5.74, 6) is -0.351. The molecule has 2 heterocycles. The third kappa shape index (κ3) is 3.32. The Bertz CT molecular complexity index is 1200. The lowest BCUT2D eigenvalue weighted by Gasteiger charge is -2.04. The fourth-order valence-corrected chi connectivity index (χ4v) is 3.24. The van der Waals surface area contributed by atoms with Gasteiger partial charge in [-0.05, 0) is 30.2 Å². The minimum Gasteiger partial charge on any atom is -0.478 e. The number of fused-ring (bicyclic) bond motifs is 1. The van der Waals surface area contributed by atoms with Gasteiger partial charge >= 0.3 is 11.7 Å². The van der Waals surface area contributed by atoms with Crippen LogP contribution in [0.25, 0.3) is 11.0 Å². The number of nitrogens with zero attached hydrogens (tertiary/aromatic N) is 4. The first-order valence-corrected chi connectivity index (χ1v) is 8.82. The minimum absolute atomic E-state index is 0.0809. The van der Waals surface area contributed by atoms with Gasteiger partial charge in [0.15, 0.2) is 0 Å². The summed E-state index contributed by atoms with van der Waals surface area (Å²) < 4.78 is 8.52. The summed E-state index contributed by atoms with van der Waals surface area (Å²) in [6.45, 7) is 2.23. The van der Waals surface area contributed by atoms with Crippen molar-refractivity contribution in [1.82, 2.24) is 19.3 Å². The fraction of sp³-hybridized carbons (Fsp3) is 0.200. The van der Waals surface area contributed by atoms with Gasteiger partial charge in [0.1, 0.15) is 6.54 Å². The summed E-state index contributed by atoms with van der Waals surface area (Å²) in [5, 5.41) is 17.1. The monoisotopic (exact) mass is 378 g/mol. The van der Waals surface area contributed by atoms with E-state index in [4.69, 9.17) is 4.42 Å². The zero-order valence-electron chi connectivity index (χ0n) is 15.2. The van der Waals surface area contributed by atoms with Crippen molar-refractivity contribution in [3.05, 3.63) is 81.9 Å². The zero-order valence-corrected chi connectivity index (χ0v) is 15.2. The zero-order chi connectivity index (χ0) is 19.7. The van der Waals surface area contributed by atoms with Crippen molar-refractivity contribution in [3.63, 3.8) is 0 Å². The minimum atomic E-state index is -1.05. The van der Waals surface area contributed by atoms with Crippen molar-refractivity contribution in [2.75, 3.05) is 0 Å². The Labute approximate surface area is 159 Å². The molecule has 2 aromatic carbocycles. The quantitative estimate of drug-likeness (QED) is 0.553. The second-order valence-corrected chi connectivity index (χ2v) is 6.48. The predicted octanol–water partition coefficient (Wildman–Crippen LogP) is 2.48. The van der Waals surface area contributed by atoms with Gasteiger partial charge in [-0.15, -0.1) is 10.2 Å². The Morgan fingerprint density at radius 1 is 1.07 bits per heavy atom. The molecule has 0 bridgehead atoms. The summed E-state index contributed by atoms with van der Waals surface area (Å²) in [6, 6.07) is 14.5. The number of hydrogen-bond donors (Lipinski definition) is 1. The molecule has 0 saturated carbocycles. The van der Waals surface area contributed by atoms with E-state index in [1.165, 1.54) is 16.7 Å². The SMILES string of the molecule is Cc1nnc(Cn2c(=O)n(CCc3ccccc3)c3ccc(C(=O)O)cc32)o1. The Kier molecular flexibility index (Phi) is 4.52. The molecule has 0 aliphatic rings. The van der Waals surface area contributed by atoms with Gasteiger partial charge in [0.2, 0.25) is 11.8 Å². The van der Waals surface area contributed by atoms with Crippen LogP contribution in [-0.4, -0.2) is 30.4 Å². The van der Waals surface area contributed by atoms with Crippen LogP contribution in [0.1, 0.15) is 27.7 Å². The highest BCUT2D eigenvalue weighted by Gasteiger charge is 2.17. The summed E-state index contributed by atoms with van der Waals surface area (Å²) in [5.41, 5.74) is 2.17. The van der Waals surface area contributed by atoms with Crippen LogP contribution < -0.4 is 5.69 Å². The topological polar surface area (TPSA) is 103 Å². The predicted molar refractivity (Wildman–Crippen MR) is 101 cm³/mol. The molecule has 0 atom stereocenters. The molecule has 142 valence electrons. The van der Waals surface area contributed by atoms with Gasteiger partial charge in [-0.1, -0.05) is 30.3 Å². The molecule has 8 nitrogen and oxygen atoms in total. The van der Waals surface area contributed by atoms with Crippen LogP contribution in [0.3, 0.4) is 0 Å². The third-order valence-electron chi connectivity index (χ3n) is 4.59. The normalized spacial score (nSPS) is 11.2. The van der Waals surface area contributed by atoms with Crippen molar-refractivity contribution in [2.45, 2.75) is 26.4 Å². The Balaban J connectivity index is 1.79. The molecule has 0 saturated heterocycles. The second kappa shape index (κ2) is 7.15. The molecule has 0 amide bonds. The van der Waals surface area contributed by atoms with E-state index in [1.807, 2.05) is 30.3 Å². The van der Waals surface area contributed by atoms with E-state index in [2.05, 4.69) is 10.2 Å². The highest BCUT2D eigenvalue weighted by molar-refractivity contribution is 5.92. The number of aryl methyl sites for hydroxylation is 3. The van der Waals surface area contributed by atoms with Gasteiger partial charge in [-0.3, -0.25) is 9.13 Å². The Morgan fingerprint density at radius 3 is 2.54 bits per heavy atom. The Morgan fingerprint density at radius 2 is 1.86 bits per heavy atom. The summed E-state index contributed by atoms with van der Waals surface area (Å²) in [7, 11) is 0. The standard InChI is InChI=1S/C20H18N4O4/c1-13-21-22-18(28-13)12-24-17-11-15(19(25)26)7-8-16(17)23(20(24)27)10-9-14-5-3-2-4-6-14/h2-8,11H,9-10,12H2,1H3,(H,25,26). The second-order valence-electron chi connectivity index (χ2n) is 6.48. The van der Waals surface area contributed by atoms with Crippen molar-refractivity contribution in [3.8, 4) is 0 Å². The number of carboxylic acid groups (broad SMARTS) is 1. The smallest absolute Gasteiger partial charge is 0.335 e. The molecule has 0 aliphatic carbocycles. The summed E-state index contributed by atoms with van der Waals surface area (Å²) >= 11 is 0. The van der Waals surface area contributed by atoms with Crippen LogP contribution >= 0.6 is 0 Å². The average Bonchev–Trinajstić information content (AvgIpc) is 3.22.